The molecule has 2 rings (SSSR count). The van der Waals surface area contributed by atoms with Gasteiger partial charge in [-0.1, -0.05) is 6.07 Å². The number of pyridine rings is 1. The van der Waals surface area contributed by atoms with Gasteiger partial charge >= 0.3 is 5.97 Å². The van der Waals surface area contributed by atoms with Crippen molar-refractivity contribution in [1.29, 1.82) is 0 Å². The van der Waals surface area contributed by atoms with Gasteiger partial charge in [-0.2, -0.15) is 0 Å². The summed E-state index contributed by atoms with van der Waals surface area (Å²) in [5.41, 5.74) is 0.653. The second-order valence-electron chi connectivity index (χ2n) is 4.36. The Kier molecular flexibility index (Phi) is 3.60. The summed E-state index contributed by atoms with van der Waals surface area (Å²) < 4.78 is 0. The molecule has 0 radical (unpaired) electrons. The van der Waals surface area contributed by atoms with Crippen molar-refractivity contribution in [3.05, 3.63) is 30.1 Å². The maximum Gasteiger partial charge on any atom is 0.309 e. The summed E-state index contributed by atoms with van der Waals surface area (Å²) in [4.78, 5) is 29.0. The molecule has 1 saturated heterocycles. The summed E-state index contributed by atoms with van der Waals surface area (Å²) in [5, 5.41) is 9.30. The average molecular weight is 248 g/mol. The molecule has 0 saturated carbocycles. The van der Waals surface area contributed by atoms with Crippen LogP contribution >= 0.6 is 0 Å². The fourth-order valence-electron chi connectivity index (χ4n) is 2.50. The van der Waals surface area contributed by atoms with Crippen LogP contribution in [0, 0.1) is 5.92 Å². The Hall–Kier alpha value is -1.91. The molecule has 0 aliphatic carbocycles. The molecule has 0 bridgehead atoms. The van der Waals surface area contributed by atoms with E-state index in [1.165, 1.54) is 0 Å². The molecule has 2 heterocycles. The molecule has 5 nitrogen and oxygen atoms in total. The van der Waals surface area contributed by atoms with Crippen molar-refractivity contribution < 1.29 is 14.7 Å². The number of carbonyl (C=O) groups is 2. The first kappa shape index (κ1) is 12.5. The van der Waals surface area contributed by atoms with Crippen LogP contribution in [0.1, 0.15) is 31.5 Å². The molecule has 96 valence electrons. The van der Waals surface area contributed by atoms with E-state index in [1.807, 2.05) is 13.0 Å². The van der Waals surface area contributed by atoms with Crippen molar-refractivity contribution in [2.75, 3.05) is 6.54 Å². The van der Waals surface area contributed by atoms with Crippen molar-refractivity contribution in [2.45, 2.75) is 25.8 Å². The SMILES string of the molecule is CCN1C(=O)CCC(C(=O)O)C1c1ccccn1. The van der Waals surface area contributed by atoms with Crippen molar-refractivity contribution >= 4 is 11.9 Å². The van der Waals surface area contributed by atoms with E-state index in [0.717, 1.165) is 0 Å². The smallest absolute Gasteiger partial charge is 0.309 e. The van der Waals surface area contributed by atoms with Gasteiger partial charge in [-0.25, -0.2) is 0 Å². The Balaban J connectivity index is 2.40. The van der Waals surface area contributed by atoms with Gasteiger partial charge < -0.3 is 10.0 Å². The number of aromatic nitrogens is 1. The van der Waals surface area contributed by atoms with Crippen molar-refractivity contribution in [2.24, 2.45) is 5.92 Å². The fourth-order valence-corrected chi connectivity index (χ4v) is 2.50. The summed E-state index contributed by atoms with van der Waals surface area (Å²) in [6.07, 6.45) is 2.31. The number of rotatable bonds is 3. The monoisotopic (exact) mass is 248 g/mol. The number of piperidine rings is 1. The Morgan fingerprint density at radius 1 is 1.56 bits per heavy atom. The first-order valence-corrected chi connectivity index (χ1v) is 6.08. The lowest BCUT2D eigenvalue weighted by atomic mass is 9.86. The second-order valence-corrected chi connectivity index (χ2v) is 4.36. The van der Waals surface area contributed by atoms with Crippen LogP contribution in [0.25, 0.3) is 0 Å². The van der Waals surface area contributed by atoms with E-state index < -0.39 is 17.9 Å². The molecule has 1 aliphatic heterocycles. The first-order valence-electron chi connectivity index (χ1n) is 6.08. The molecule has 2 atom stereocenters. The van der Waals surface area contributed by atoms with Gasteiger partial charge in [0.15, 0.2) is 0 Å². The van der Waals surface area contributed by atoms with Gasteiger partial charge in [0.1, 0.15) is 0 Å². The van der Waals surface area contributed by atoms with Gasteiger partial charge in [0.25, 0.3) is 0 Å². The van der Waals surface area contributed by atoms with Crippen LogP contribution in [-0.2, 0) is 9.59 Å². The number of hydrogen-bond donors (Lipinski definition) is 1. The molecule has 2 unspecified atom stereocenters. The maximum absolute atomic E-state index is 11.9. The fraction of sp³-hybridized carbons (Fsp3) is 0.462. The van der Waals surface area contributed by atoms with Gasteiger partial charge in [-0.3, -0.25) is 14.6 Å². The number of likely N-dealkylation sites (tertiary alicyclic amines) is 1. The third kappa shape index (κ3) is 2.20. The number of nitrogens with zero attached hydrogens (tertiary/aromatic N) is 2. The molecule has 1 aliphatic rings. The summed E-state index contributed by atoms with van der Waals surface area (Å²) >= 11 is 0. The molecule has 1 N–H and O–H groups in total. The Morgan fingerprint density at radius 2 is 2.33 bits per heavy atom. The molecule has 0 aromatic carbocycles. The normalized spacial score (nSPS) is 24.1. The van der Waals surface area contributed by atoms with E-state index >= 15 is 0 Å². The minimum atomic E-state index is -0.864. The van der Waals surface area contributed by atoms with Crippen LogP contribution < -0.4 is 0 Å². The Morgan fingerprint density at radius 3 is 2.89 bits per heavy atom. The molecule has 5 heteroatoms. The summed E-state index contributed by atoms with van der Waals surface area (Å²) in [7, 11) is 0. The molecule has 1 aromatic rings. The second kappa shape index (κ2) is 5.16. The van der Waals surface area contributed by atoms with E-state index in [0.29, 0.717) is 25.1 Å². The predicted octanol–water partition coefficient (Wildman–Crippen LogP) is 1.47. The highest BCUT2D eigenvalue weighted by Gasteiger charge is 2.40. The number of aliphatic carboxylic acids is 1. The number of carboxylic acid groups (broad SMARTS) is 1. The number of hydrogen-bond acceptors (Lipinski definition) is 3. The molecule has 18 heavy (non-hydrogen) atoms. The Bertz CT molecular complexity index is 445. The van der Waals surface area contributed by atoms with Crippen LogP contribution in [0.15, 0.2) is 24.4 Å². The highest BCUT2D eigenvalue weighted by Crippen LogP contribution is 2.35. The lowest BCUT2D eigenvalue weighted by molar-refractivity contribution is -0.152. The highest BCUT2D eigenvalue weighted by molar-refractivity contribution is 5.81. The summed E-state index contributed by atoms with van der Waals surface area (Å²) in [6, 6.07) is 4.92. The number of carbonyl (C=O) groups excluding carboxylic acids is 1. The van der Waals surface area contributed by atoms with Crippen LogP contribution in [0.3, 0.4) is 0 Å². The molecule has 1 fully saturated rings. The zero-order valence-electron chi connectivity index (χ0n) is 10.2. The number of carboxylic acids is 1. The molecular formula is C13H16N2O3. The van der Waals surface area contributed by atoms with Gasteiger partial charge in [0, 0.05) is 19.2 Å². The van der Waals surface area contributed by atoms with Crippen LogP contribution in [0.5, 0.6) is 0 Å². The maximum atomic E-state index is 11.9. The largest absolute Gasteiger partial charge is 0.481 e. The third-order valence-electron chi connectivity index (χ3n) is 3.36. The average Bonchev–Trinajstić information content (AvgIpc) is 2.39. The molecule has 1 amide bonds. The lowest BCUT2D eigenvalue weighted by Gasteiger charge is -2.38. The topological polar surface area (TPSA) is 70.5 Å². The van der Waals surface area contributed by atoms with E-state index in [2.05, 4.69) is 4.98 Å². The van der Waals surface area contributed by atoms with E-state index in [4.69, 9.17) is 0 Å². The van der Waals surface area contributed by atoms with Crippen LogP contribution in [-0.4, -0.2) is 33.4 Å². The first-order chi connectivity index (χ1) is 8.65. The van der Waals surface area contributed by atoms with Gasteiger partial charge in [-0.05, 0) is 25.5 Å². The quantitative estimate of drug-likeness (QED) is 0.879. The summed E-state index contributed by atoms with van der Waals surface area (Å²) in [5.74, 6) is -1.43. The standard InChI is InChI=1S/C13H16N2O3/c1-2-15-11(16)7-6-9(13(17)18)12(15)10-5-3-4-8-14-10/h3-5,8-9,12H,2,6-7H2,1H3,(H,17,18). The predicted molar refractivity (Wildman–Crippen MR) is 64.7 cm³/mol. The van der Waals surface area contributed by atoms with E-state index in [-0.39, 0.29) is 5.91 Å². The zero-order valence-corrected chi connectivity index (χ0v) is 10.2. The van der Waals surface area contributed by atoms with E-state index in [9.17, 15) is 14.7 Å². The van der Waals surface area contributed by atoms with Crippen LogP contribution in [0.2, 0.25) is 0 Å². The molecule has 0 spiro atoms. The molecular weight excluding hydrogens is 232 g/mol. The van der Waals surface area contributed by atoms with Crippen LogP contribution in [0.4, 0.5) is 0 Å². The zero-order chi connectivity index (χ0) is 13.1. The summed E-state index contributed by atoms with van der Waals surface area (Å²) in [6.45, 7) is 2.36. The van der Waals surface area contributed by atoms with Crippen molar-refractivity contribution in [3.8, 4) is 0 Å². The minimum Gasteiger partial charge on any atom is -0.481 e. The highest BCUT2D eigenvalue weighted by atomic mass is 16.4. The Labute approximate surface area is 105 Å². The lowest BCUT2D eigenvalue weighted by Crippen LogP contribution is -2.45. The third-order valence-corrected chi connectivity index (χ3v) is 3.36. The van der Waals surface area contributed by atoms with Gasteiger partial charge in [0.05, 0.1) is 17.7 Å². The van der Waals surface area contributed by atoms with Crippen molar-refractivity contribution in [3.63, 3.8) is 0 Å². The van der Waals surface area contributed by atoms with Gasteiger partial charge in [0.2, 0.25) is 5.91 Å². The number of amides is 1. The molecule has 1 aromatic heterocycles. The van der Waals surface area contributed by atoms with Gasteiger partial charge in [-0.15, -0.1) is 0 Å². The van der Waals surface area contributed by atoms with Crippen molar-refractivity contribution in [1.82, 2.24) is 9.88 Å². The van der Waals surface area contributed by atoms with E-state index in [1.54, 1.807) is 23.2 Å². The minimum absolute atomic E-state index is 0.00523.